The molecule has 0 spiro atoms. The lowest BCUT2D eigenvalue weighted by molar-refractivity contribution is -0.119. The number of nitrogens with one attached hydrogen (secondary N) is 1. The van der Waals surface area contributed by atoms with E-state index in [1.165, 1.54) is 16.8 Å². The van der Waals surface area contributed by atoms with E-state index >= 15 is 0 Å². The fraction of sp³-hybridized carbons (Fsp3) is 0.316. The van der Waals surface area contributed by atoms with Crippen molar-refractivity contribution in [1.82, 2.24) is 5.32 Å². The number of benzene rings is 2. The van der Waals surface area contributed by atoms with Gasteiger partial charge in [0.15, 0.2) is 0 Å². The van der Waals surface area contributed by atoms with Gasteiger partial charge in [0, 0.05) is 18.8 Å². The average molecular weight is 294 g/mol. The second kappa shape index (κ2) is 6.65. The Morgan fingerprint density at radius 3 is 2.91 bits per heavy atom. The third kappa shape index (κ3) is 3.48. The smallest absolute Gasteiger partial charge is 0.239 e. The van der Waals surface area contributed by atoms with Crippen LogP contribution in [0.2, 0.25) is 0 Å². The number of anilines is 1. The summed E-state index contributed by atoms with van der Waals surface area (Å²) >= 11 is 0. The van der Waals surface area contributed by atoms with Crippen LogP contribution in [0.15, 0.2) is 48.5 Å². The van der Waals surface area contributed by atoms with Gasteiger partial charge in [-0.1, -0.05) is 48.0 Å². The largest absolute Gasteiger partial charge is 0.362 e. The highest BCUT2D eigenvalue weighted by molar-refractivity contribution is 5.81. The summed E-state index contributed by atoms with van der Waals surface area (Å²) in [7, 11) is 0. The zero-order chi connectivity index (χ0) is 15.4. The number of fused-ring (bicyclic) bond motifs is 1. The predicted octanol–water partition coefficient (Wildman–Crippen LogP) is 3.06. The van der Waals surface area contributed by atoms with Crippen LogP contribution in [0.5, 0.6) is 0 Å². The van der Waals surface area contributed by atoms with Crippen LogP contribution in [0.3, 0.4) is 0 Å². The topological polar surface area (TPSA) is 32.3 Å². The van der Waals surface area contributed by atoms with E-state index in [1.54, 1.807) is 0 Å². The van der Waals surface area contributed by atoms with E-state index in [-0.39, 0.29) is 5.91 Å². The molecule has 0 atom stereocenters. The number of amides is 1. The Kier molecular flexibility index (Phi) is 4.42. The Morgan fingerprint density at radius 2 is 2.05 bits per heavy atom. The standard InChI is InChI=1S/C19H22N2O/c1-15-6-4-7-16(12-15)13-20-19(22)14-21-11-5-9-17-8-2-3-10-18(17)21/h2-4,6-8,10,12H,5,9,11,13-14H2,1H3,(H,20,22). The molecule has 2 aromatic carbocycles. The van der Waals surface area contributed by atoms with Gasteiger partial charge >= 0.3 is 0 Å². The Hall–Kier alpha value is -2.29. The lowest BCUT2D eigenvalue weighted by Gasteiger charge is -2.30. The van der Waals surface area contributed by atoms with Gasteiger partial charge in [-0.25, -0.2) is 0 Å². The molecule has 1 heterocycles. The van der Waals surface area contributed by atoms with Crippen molar-refractivity contribution in [1.29, 1.82) is 0 Å². The highest BCUT2D eigenvalue weighted by atomic mass is 16.2. The number of aryl methyl sites for hydroxylation is 2. The highest BCUT2D eigenvalue weighted by Gasteiger charge is 2.18. The monoisotopic (exact) mass is 294 g/mol. The molecular weight excluding hydrogens is 272 g/mol. The number of carbonyl (C=O) groups excluding carboxylic acids is 1. The molecule has 0 saturated heterocycles. The molecule has 0 aliphatic carbocycles. The van der Waals surface area contributed by atoms with Crippen LogP contribution in [-0.2, 0) is 17.8 Å². The number of hydrogen-bond acceptors (Lipinski definition) is 2. The second-order valence-electron chi connectivity index (χ2n) is 5.92. The average Bonchev–Trinajstić information content (AvgIpc) is 2.53. The minimum absolute atomic E-state index is 0.0817. The van der Waals surface area contributed by atoms with Crippen molar-refractivity contribution >= 4 is 11.6 Å². The van der Waals surface area contributed by atoms with E-state index in [9.17, 15) is 4.79 Å². The number of para-hydroxylation sites is 1. The Balaban J connectivity index is 1.59. The molecule has 3 nitrogen and oxygen atoms in total. The number of nitrogens with zero attached hydrogens (tertiary/aromatic N) is 1. The third-order valence-corrected chi connectivity index (χ3v) is 4.11. The normalized spacial score (nSPS) is 13.6. The van der Waals surface area contributed by atoms with E-state index in [0.717, 1.165) is 24.9 Å². The minimum Gasteiger partial charge on any atom is -0.362 e. The van der Waals surface area contributed by atoms with Gasteiger partial charge in [-0.2, -0.15) is 0 Å². The maximum absolute atomic E-state index is 12.2. The summed E-state index contributed by atoms with van der Waals surface area (Å²) in [5.41, 5.74) is 4.92. The second-order valence-corrected chi connectivity index (χ2v) is 5.92. The van der Waals surface area contributed by atoms with E-state index < -0.39 is 0 Å². The summed E-state index contributed by atoms with van der Waals surface area (Å²) in [6.07, 6.45) is 2.22. The van der Waals surface area contributed by atoms with E-state index in [1.807, 2.05) is 18.2 Å². The van der Waals surface area contributed by atoms with Crippen LogP contribution >= 0.6 is 0 Å². The summed E-state index contributed by atoms with van der Waals surface area (Å²) in [4.78, 5) is 14.4. The van der Waals surface area contributed by atoms with Crippen molar-refractivity contribution in [2.24, 2.45) is 0 Å². The maximum atomic E-state index is 12.2. The fourth-order valence-corrected chi connectivity index (χ4v) is 3.03. The lowest BCUT2D eigenvalue weighted by atomic mass is 10.0. The van der Waals surface area contributed by atoms with Gasteiger partial charge in [0.1, 0.15) is 0 Å². The van der Waals surface area contributed by atoms with Gasteiger partial charge in [0.2, 0.25) is 5.91 Å². The molecule has 3 heteroatoms. The molecule has 22 heavy (non-hydrogen) atoms. The highest BCUT2D eigenvalue weighted by Crippen LogP contribution is 2.26. The molecule has 0 unspecified atom stereocenters. The summed E-state index contributed by atoms with van der Waals surface area (Å²) < 4.78 is 0. The van der Waals surface area contributed by atoms with E-state index in [4.69, 9.17) is 0 Å². The lowest BCUT2D eigenvalue weighted by Crippen LogP contribution is -2.39. The van der Waals surface area contributed by atoms with Gasteiger partial charge in [0.25, 0.3) is 0 Å². The van der Waals surface area contributed by atoms with Crippen molar-refractivity contribution in [3.8, 4) is 0 Å². The molecule has 0 saturated carbocycles. The first-order chi connectivity index (χ1) is 10.7. The summed E-state index contributed by atoms with van der Waals surface area (Å²) in [5, 5.41) is 3.02. The van der Waals surface area contributed by atoms with Crippen LogP contribution in [-0.4, -0.2) is 19.0 Å². The van der Waals surface area contributed by atoms with Crippen molar-refractivity contribution in [2.45, 2.75) is 26.3 Å². The molecule has 3 rings (SSSR count). The first-order valence-electron chi connectivity index (χ1n) is 7.87. The molecule has 0 bridgehead atoms. The molecule has 2 aromatic rings. The predicted molar refractivity (Wildman–Crippen MR) is 90.0 cm³/mol. The third-order valence-electron chi connectivity index (χ3n) is 4.11. The molecule has 0 radical (unpaired) electrons. The van der Waals surface area contributed by atoms with Gasteiger partial charge in [-0.15, -0.1) is 0 Å². The zero-order valence-electron chi connectivity index (χ0n) is 13.0. The minimum atomic E-state index is 0.0817. The van der Waals surface area contributed by atoms with Crippen molar-refractivity contribution in [2.75, 3.05) is 18.0 Å². The Morgan fingerprint density at radius 1 is 1.18 bits per heavy atom. The summed E-state index contributed by atoms with van der Waals surface area (Å²) in [6.45, 7) is 4.05. The molecule has 1 amide bonds. The van der Waals surface area contributed by atoms with E-state index in [2.05, 4.69) is 47.5 Å². The Bertz CT molecular complexity index is 666. The SMILES string of the molecule is Cc1cccc(CNC(=O)CN2CCCc3ccccc32)c1. The van der Waals surface area contributed by atoms with Gasteiger partial charge in [0.05, 0.1) is 6.54 Å². The molecule has 0 aromatic heterocycles. The molecule has 114 valence electrons. The summed E-state index contributed by atoms with van der Waals surface area (Å²) in [5.74, 6) is 0.0817. The van der Waals surface area contributed by atoms with Crippen molar-refractivity contribution in [3.05, 3.63) is 65.2 Å². The van der Waals surface area contributed by atoms with Crippen LogP contribution in [0.4, 0.5) is 5.69 Å². The van der Waals surface area contributed by atoms with Gasteiger partial charge in [-0.3, -0.25) is 4.79 Å². The quantitative estimate of drug-likeness (QED) is 0.940. The first kappa shape index (κ1) is 14.6. The number of hydrogen-bond donors (Lipinski definition) is 1. The van der Waals surface area contributed by atoms with Crippen LogP contribution in [0, 0.1) is 6.92 Å². The molecule has 1 aliphatic heterocycles. The molecule has 1 aliphatic rings. The first-order valence-corrected chi connectivity index (χ1v) is 7.87. The van der Waals surface area contributed by atoms with Crippen molar-refractivity contribution in [3.63, 3.8) is 0 Å². The van der Waals surface area contributed by atoms with Crippen molar-refractivity contribution < 1.29 is 4.79 Å². The van der Waals surface area contributed by atoms with Gasteiger partial charge < -0.3 is 10.2 Å². The number of rotatable bonds is 4. The summed E-state index contributed by atoms with van der Waals surface area (Å²) in [6, 6.07) is 16.6. The van der Waals surface area contributed by atoms with Crippen LogP contribution in [0.1, 0.15) is 23.1 Å². The van der Waals surface area contributed by atoms with Gasteiger partial charge in [-0.05, 0) is 37.0 Å². The van der Waals surface area contributed by atoms with Crippen LogP contribution in [0.25, 0.3) is 0 Å². The fourth-order valence-electron chi connectivity index (χ4n) is 3.03. The molecule has 1 N–H and O–H groups in total. The zero-order valence-corrected chi connectivity index (χ0v) is 13.0. The van der Waals surface area contributed by atoms with E-state index in [0.29, 0.717) is 13.1 Å². The van der Waals surface area contributed by atoms with Crippen LogP contribution < -0.4 is 10.2 Å². The molecule has 0 fully saturated rings. The maximum Gasteiger partial charge on any atom is 0.239 e. The molecular formula is C19H22N2O. The number of carbonyl (C=O) groups is 1. The Labute approximate surface area is 132 Å².